The Balaban J connectivity index is 0. The van der Waals surface area contributed by atoms with Gasteiger partial charge in [-0.25, -0.2) is 0 Å². The molecular weight excluding hydrogens is 298 g/mol. The summed E-state index contributed by atoms with van der Waals surface area (Å²) < 4.78 is 0. The molecule has 0 atom stereocenters. The zero-order valence-corrected chi connectivity index (χ0v) is 3.09. The molecule has 0 saturated carbocycles. The predicted molar refractivity (Wildman–Crippen MR) is 26.3 cm³/mol. The first-order valence-corrected chi connectivity index (χ1v) is 0. The number of rotatable bonds is 0. The maximum atomic E-state index is 0. The Labute approximate surface area is 71.7 Å². The fourth-order valence-corrected chi connectivity index (χ4v) is 0. The second-order valence-corrected chi connectivity index (χ2v) is 0. The third kappa shape index (κ3) is 8.92. The van der Waals surface area contributed by atoms with Crippen molar-refractivity contribution >= 4 is 45.6 Å². The van der Waals surface area contributed by atoms with Crippen LogP contribution in [0.5, 0.6) is 0 Å². The Morgan fingerprint density at radius 1 is 1.00 bits per heavy atom. The standard InChI is InChI=1S/CH3.Ga.In.Ru.6H/h1H3;;;;;;;;;/q-1;;;+1;;;;;;. The van der Waals surface area contributed by atoms with Gasteiger partial charge in [-0.3, -0.25) is 0 Å². The molecule has 0 rings (SSSR count). The molecule has 0 unspecified atom stereocenters. The first-order chi connectivity index (χ1) is 0. The van der Waals surface area contributed by atoms with Crippen molar-refractivity contribution in [2.45, 2.75) is 0 Å². The first-order valence-electron chi connectivity index (χ1n) is 0. The quantitative estimate of drug-likeness (QED) is 0.362. The summed E-state index contributed by atoms with van der Waals surface area (Å²) in [6, 6.07) is 0. The van der Waals surface area contributed by atoms with Gasteiger partial charge in [0.2, 0.25) is 0 Å². The van der Waals surface area contributed by atoms with Gasteiger partial charge in [0.15, 0.2) is 0 Å². The van der Waals surface area contributed by atoms with E-state index >= 15 is 0 Å². The van der Waals surface area contributed by atoms with Crippen molar-refractivity contribution in [2.75, 3.05) is 0 Å². The van der Waals surface area contributed by atoms with E-state index in [9.17, 15) is 0 Å². The third-order valence-electron chi connectivity index (χ3n) is 0. The van der Waals surface area contributed by atoms with Gasteiger partial charge in [0.1, 0.15) is 0 Å². The zero-order chi connectivity index (χ0) is 0. The molecule has 1 radical (unpaired) electrons. The van der Waals surface area contributed by atoms with Crippen LogP contribution in [-0.2, 0) is 19.5 Å². The van der Waals surface area contributed by atoms with Crippen LogP contribution in [0, 0.1) is 7.43 Å². The van der Waals surface area contributed by atoms with Crippen LogP contribution in [0.4, 0.5) is 0 Å². The topological polar surface area (TPSA) is 0 Å². The maximum absolute atomic E-state index is 0. The summed E-state index contributed by atoms with van der Waals surface area (Å²) in [5.41, 5.74) is 0. The average Bonchev–Trinajstić information content (AvgIpc) is 0. The van der Waals surface area contributed by atoms with Crippen LogP contribution in [0.2, 0.25) is 0 Å². The summed E-state index contributed by atoms with van der Waals surface area (Å²) >= 11 is 0. The molecule has 0 aliphatic heterocycles. The molecule has 3 heteroatoms. The molecule has 0 bridgehead atoms. The van der Waals surface area contributed by atoms with Crippen molar-refractivity contribution in [2.24, 2.45) is 0 Å². The van der Waals surface area contributed by atoms with E-state index in [0.717, 1.165) is 0 Å². The van der Waals surface area contributed by atoms with Crippen molar-refractivity contribution in [1.82, 2.24) is 0 Å². The summed E-state index contributed by atoms with van der Waals surface area (Å²) in [5.74, 6) is 0. The van der Waals surface area contributed by atoms with Crippen molar-refractivity contribution in [3.05, 3.63) is 7.43 Å². The Hall–Kier alpha value is 2.13. The maximum Gasteiger partial charge on any atom is 1.00 e. The van der Waals surface area contributed by atoms with Crippen LogP contribution < -0.4 is 0 Å². The number of hydrogen-bond donors (Lipinski definition) is 0. The van der Waals surface area contributed by atoms with Gasteiger partial charge < -0.3 is 7.43 Å². The van der Waals surface area contributed by atoms with Gasteiger partial charge in [-0.1, -0.05) is 0 Å². The van der Waals surface area contributed by atoms with E-state index in [4.69, 9.17) is 0 Å². The van der Waals surface area contributed by atoms with Crippen LogP contribution >= 0.6 is 0 Å². The minimum atomic E-state index is 0. The zero-order valence-electron chi connectivity index (χ0n) is 1.35. The van der Waals surface area contributed by atoms with E-state index in [2.05, 4.69) is 0 Å². The Morgan fingerprint density at radius 2 is 1.00 bits per heavy atom. The summed E-state index contributed by atoms with van der Waals surface area (Å²) in [5, 5.41) is 0. The summed E-state index contributed by atoms with van der Waals surface area (Å²) in [4.78, 5) is 0. The molecule has 4 heavy (non-hydrogen) atoms. The van der Waals surface area contributed by atoms with Gasteiger partial charge in [0.25, 0.3) is 0 Å². The van der Waals surface area contributed by atoms with Gasteiger partial charge >= 0.3 is 65.1 Å². The van der Waals surface area contributed by atoms with Gasteiger partial charge in [-0.05, 0) is 0 Å². The van der Waals surface area contributed by atoms with Crippen molar-refractivity contribution < 1.29 is 19.5 Å². The molecule has 0 aromatic rings. The average molecular weight is 307 g/mol. The summed E-state index contributed by atoms with van der Waals surface area (Å²) in [6.45, 7) is 0. The minimum absolute atomic E-state index is 0. The van der Waals surface area contributed by atoms with Crippen molar-refractivity contribution in [3.8, 4) is 0 Å². The fraction of sp³-hybridized carbons (Fsp3) is 0. The molecule has 0 fully saturated rings. The summed E-state index contributed by atoms with van der Waals surface area (Å²) in [7, 11) is 0. The fourth-order valence-electron chi connectivity index (χ4n) is 0. The van der Waals surface area contributed by atoms with Crippen LogP contribution in [0.3, 0.4) is 0 Å². The molecule has 27 valence electrons. The van der Waals surface area contributed by atoms with Gasteiger partial charge in [-0.2, -0.15) is 0 Å². The Bertz CT molecular complexity index is 8.00. The molecule has 0 amide bonds. The van der Waals surface area contributed by atoms with Crippen LogP contribution in [0.1, 0.15) is 0 Å². The molecule has 0 aliphatic carbocycles. The first kappa shape index (κ1) is 35.6. The second-order valence-electron chi connectivity index (χ2n) is 0. The Morgan fingerprint density at radius 3 is 1.00 bits per heavy atom. The van der Waals surface area contributed by atoms with E-state index in [1.807, 2.05) is 0 Å². The monoisotopic (exact) mass is 307 g/mol. The second kappa shape index (κ2) is 19.3. The normalized spacial score (nSPS) is 0. The molecule has 0 aromatic carbocycles. The van der Waals surface area contributed by atoms with Gasteiger partial charge in [-0.15, -0.1) is 0 Å². The van der Waals surface area contributed by atoms with E-state index in [0.29, 0.717) is 0 Å². The Kier molecular flexibility index (Phi) is 171. The van der Waals surface area contributed by atoms with Crippen LogP contribution in [0.25, 0.3) is 0 Å². The molecule has 0 aromatic heterocycles. The van der Waals surface area contributed by atoms with Gasteiger partial charge in [0, 0.05) is 0 Å². The largest absolute Gasteiger partial charge is 1.00 e. The molecule has 0 N–H and O–H groups in total. The minimum Gasteiger partial charge on any atom is 1.00 e. The van der Waals surface area contributed by atoms with Crippen molar-refractivity contribution in [1.29, 1.82) is 0 Å². The molecular formula is CH9GaInRu. The van der Waals surface area contributed by atoms with Gasteiger partial charge in [0.05, 0.1) is 0 Å². The smallest absolute Gasteiger partial charge is 1.00 e. The SMILES string of the molecule is [CH3-].[GaH3].[InH3].[Ru+]. The van der Waals surface area contributed by atoms with E-state index in [1.54, 1.807) is 0 Å². The molecule has 0 aliphatic rings. The molecule has 0 nitrogen and oxygen atoms in total. The molecule has 0 saturated heterocycles. The van der Waals surface area contributed by atoms with E-state index in [1.165, 1.54) is 0 Å². The summed E-state index contributed by atoms with van der Waals surface area (Å²) in [6.07, 6.45) is 0. The van der Waals surface area contributed by atoms with E-state index in [-0.39, 0.29) is 72.5 Å². The van der Waals surface area contributed by atoms with Crippen LogP contribution in [-0.4, -0.2) is 45.6 Å². The van der Waals surface area contributed by atoms with Crippen molar-refractivity contribution in [3.63, 3.8) is 0 Å². The van der Waals surface area contributed by atoms with Crippen LogP contribution in [0.15, 0.2) is 0 Å². The van der Waals surface area contributed by atoms with E-state index < -0.39 is 0 Å². The number of hydrogen-bond acceptors (Lipinski definition) is 0. The molecule has 0 spiro atoms. The molecule has 0 heterocycles. The third-order valence-corrected chi connectivity index (χ3v) is 0. The predicted octanol–water partition coefficient (Wildman–Crippen LogP) is -1.92.